The van der Waals surface area contributed by atoms with Crippen LogP contribution in [0.25, 0.3) is 0 Å². The fourth-order valence-electron chi connectivity index (χ4n) is 3.93. The second-order valence-corrected chi connectivity index (χ2v) is 12.0. The van der Waals surface area contributed by atoms with Crippen LogP contribution < -0.4 is 37.6 Å². The van der Waals surface area contributed by atoms with E-state index in [1.807, 2.05) is 24.3 Å². The van der Waals surface area contributed by atoms with Crippen LogP contribution in [0.3, 0.4) is 0 Å². The zero-order valence-electron chi connectivity index (χ0n) is 24.4. The fourth-order valence-corrected chi connectivity index (χ4v) is 5.03. The van der Waals surface area contributed by atoms with Gasteiger partial charge in [-0.05, 0) is 97.4 Å². The Morgan fingerprint density at radius 2 is 1.04 bits per heavy atom. The summed E-state index contributed by atoms with van der Waals surface area (Å²) in [6.45, 7) is 3.88. The van der Waals surface area contributed by atoms with Crippen LogP contribution in [0.5, 0.6) is 0 Å². The molecular formula is C28H32Cl2N12S4. The minimum Gasteiger partial charge on any atom is -0.361 e. The third kappa shape index (κ3) is 11.7. The Hall–Kier alpha value is -3.48. The van der Waals surface area contributed by atoms with Gasteiger partial charge in [-0.2, -0.15) is 0 Å². The summed E-state index contributed by atoms with van der Waals surface area (Å²) in [5, 5.41) is 30.6. The van der Waals surface area contributed by atoms with E-state index in [0.717, 1.165) is 11.4 Å². The molecule has 4 rings (SSSR count). The normalized spacial score (nSPS) is 10.7. The Kier molecular flexibility index (Phi) is 13.9. The summed E-state index contributed by atoms with van der Waals surface area (Å²) in [4.78, 5) is 2.20. The Morgan fingerprint density at radius 1 is 0.630 bits per heavy atom. The van der Waals surface area contributed by atoms with Crippen molar-refractivity contribution in [3.63, 3.8) is 0 Å². The molecular weight excluding hydrogens is 704 g/mol. The second kappa shape index (κ2) is 18.0. The molecule has 0 bridgehead atoms. The van der Waals surface area contributed by atoms with Gasteiger partial charge in [-0.25, -0.2) is 9.36 Å². The van der Waals surface area contributed by atoms with Gasteiger partial charge in [-0.15, -0.1) is 10.2 Å². The molecule has 2 aromatic heterocycles. The van der Waals surface area contributed by atoms with Crippen molar-refractivity contribution in [3.05, 3.63) is 83.1 Å². The van der Waals surface area contributed by atoms with Gasteiger partial charge in [0.2, 0.25) is 0 Å². The van der Waals surface area contributed by atoms with Gasteiger partial charge in [0.1, 0.15) is 0 Å². The zero-order valence-corrected chi connectivity index (χ0v) is 29.2. The molecule has 4 aromatic rings. The number of aromatic nitrogens is 4. The predicted octanol–water partition coefficient (Wildman–Crippen LogP) is 4.41. The molecule has 0 aliphatic heterocycles. The van der Waals surface area contributed by atoms with Crippen LogP contribution in [0, 0.1) is 0 Å². The number of nitrogens with one attached hydrogen (secondary N) is 6. The summed E-state index contributed by atoms with van der Waals surface area (Å²) >= 11 is 33.6. The zero-order chi connectivity index (χ0) is 32.9. The lowest BCUT2D eigenvalue weighted by molar-refractivity contribution is 0.290. The van der Waals surface area contributed by atoms with Crippen LogP contribution >= 0.6 is 72.1 Å². The van der Waals surface area contributed by atoms with E-state index in [1.54, 1.807) is 58.2 Å². The van der Waals surface area contributed by atoms with E-state index in [9.17, 15) is 0 Å². The van der Waals surface area contributed by atoms with Crippen LogP contribution in [-0.4, -0.2) is 84.2 Å². The smallest absolute Gasteiger partial charge is 0.198 e. The molecule has 2 aromatic carbocycles. The average Bonchev–Trinajstić information content (AvgIpc) is 3.69. The Bertz CT molecular complexity index is 1510. The summed E-state index contributed by atoms with van der Waals surface area (Å²) in [6.07, 6.45) is 3.48. The summed E-state index contributed by atoms with van der Waals surface area (Å²) in [7, 11) is 0. The molecule has 0 amide bonds. The van der Waals surface area contributed by atoms with Gasteiger partial charge in [0.05, 0.1) is 0 Å². The molecule has 46 heavy (non-hydrogen) atoms. The molecule has 12 nitrogen and oxygen atoms in total. The first kappa shape index (κ1) is 35.4. The van der Waals surface area contributed by atoms with Crippen molar-refractivity contribution in [2.75, 3.05) is 60.5 Å². The van der Waals surface area contributed by atoms with Crippen molar-refractivity contribution in [1.29, 1.82) is 0 Å². The molecule has 0 unspecified atom stereocenters. The van der Waals surface area contributed by atoms with Gasteiger partial charge in [0.25, 0.3) is 0 Å². The van der Waals surface area contributed by atoms with Crippen LogP contribution in [0.4, 0.5) is 23.0 Å². The molecule has 0 aliphatic carbocycles. The number of nitrogens with zero attached hydrogens (tertiary/aromatic N) is 5. The first-order valence-corrected chi connectivity index (χ1v) is 16.3. The Morgan fingerprint density at radius 3 is 1.43 bits per heavy atom. The average molecular weight is 736 g/mol. The van der Waals surface area contributed by atoms with E-state index < -0.39 is 0 Å². The highest BCUT2D eigenvalue weighted by Crippen LogP contribution is 2.15. The van der Waals surface area contributed by atoms with Crippen molar-refractivity contribution in [2.45, 2.75) is 0 Å². The van der Waals surface area contributed by atoms with Crippen molar-refractivity contribution in [2.24, 2.45) is 5.73 Å². The number of nitrogens with two attached hydrogens (primary N) is 1. The first-order chi connectivity index (χ1) is 22.2. The van der Waals surface area contributed by atoms with Crippen LogP contribution in [0.1, 0.15) is 0 Å². The van der Waals surface area contributed by atoms with E-state index in [-0.39, 0.29) is 0 Å². The Labute approximate surface area is 298 Å². The highest BCUT2D eigenvalue weighted by atomic mass is 35.5. The minimum atomic E-state index is 0.413. The van der Waals surface area contributed by atoms with Crippen LogP contribution in [-0.2, 0) is 0 Å². The van der Waals surface area contributed by atoms with Gasteiger partial charge in [0, 0.05) is 85.2 Å². The SMILES string of the molecule is NCCN(CCNC(=S)Nc1ccn(C(=S)Nc2ccc(Cl)cc2)n1)CCNC(=S)Nc1ccn(C(=S)Nc2ccc(Cl)cc2)n1. The number of anilines is 4. The van der Waals surface area contributed by atoms with Gasteiger partial charge in [-0.3, -0.25) is 4.90 Å². The minimum absolute atomic E-state index is 0.413. The molecule has 2 heterocycles. The molecule has 8 N–H and O–H groups in total. The highest BCUT2D eigenvalue weighted by Gasteiger charge is 2.09. The molecule has 18 heteroatoms. The quantitative estimate of drug-likeness (QED) is 0.104. The summed E-state index contributed by atoms with van der Waals surface area (Å²) in [5.41, 5.74) is 7.46. The van der Waals surface area contributed by atoms with Crippen molar-refractivity contribution in [1.82, 2.24) is 35.1 Å². The number of hydrogen-bond acceptors (Lipinski definition) is 8. The standard InChI is InChI=1S/C28H32Cl2N12S4/c29-19-1-5-21(6-2-19)34-27(45)41-14-9-23(38-41)36-25(43)32-12-17-40(16-11-31)18-13-33-26(44)37-24-10-15-42(39-24)28(46)35-22-7-3-20(30)4-8-22/h1-10,14-15H,11-13,16-18,31H2,(H,34,45)(H,35,46)(H2,32,36,38,43)(H2,33,37,39,44). The van der Waals surface area contributed by atoms with Gasteiger partial charge in [-0.1, -0.05) is 23.2 Å². The maximum absolute atomic E-state index is 5.94. The monoisotopic (exact) mass is 734 g/mol. The molecule has 242 valence electrons. The lowest BCUT2D eigenvalue weighted by Gasteiger charge is -2.22. The molecule has 0 atom stereocenters. The topological polar surface area (TPSA) is 137 Å². The third-order valence-electron chi connectivity index (χ3n) is 6.14. The lowest BCUT2D eigenvalue weighted by atomic mass is 10.3. The van der Waals surface area contributed by atoms with Crippen molar-refractivity contribution < 1.29 is 0 Å². The van der Waals surface area contributed by atoms with Crippen LogP contribution in [0.2, 0.25) is 10.0 Å². The number of halogens is 2. The molecule has 0 saturated carbocycles. The van der Waals surface area contributed by atoms with Crippen LogP contribution in [0.15, 0.2) is 73.1 Å². The van der Waals surface area contributed by atoms with E-state index >= 15 is 0 Å². The largest absolute Gasteiger partial charge is 0.361 e. The molecule has 0 aliphatic rings. The first-order valence-electron chi connectivity index (χ1n) is 14.0. The molecule has 0 radical (unpaired) electrons. The maximum atomic E-state index is 5.94. The summed E-state index contributed by atoms with van der Waals surface area (Å²) in [6, 6.07) is 18.0. The number of rotatable bonds is 12. The lowest BCUT2D eigenvalue weighted by Crippen LogP contribution is -2.42. The van der Waals surface area contributed by atoms with E-state index in [2.05, 4.69) is 47.0 Å². The van der Waals surface area contributed by atoms with Gasteiger partial charge >= 0.3 is 0 Å². The van der Waals surface area contributed by atoms with E-state index in [1.165, 1.54) is 0 Å². The highest BCUT2D eigenvalue weighted by molar-refractivity contribution is 7.81. The second-order valence-electron chi connectivity index (χ2n) is 9.56. The van der Waals surface area contributed by atoms with E-state index in [4.69, 9.17) is 77.8 Å². The number of benzene rings is 2. The molecule has 0 fully saturated rings. The summed E-state index contributed by atoms with van der Waals surface area (Å²) < 4.78 is 3.09. The number of hydrogen-bond donors (Lipinski definition) is 7. The summed E-state index contributed by atoms with van der Waals surface area (Å²) in [5.74, 6) is 1.12. The molecule has 0 spiro atoms. The van der Waals surface area contributed by atoms with Crippen molar-refractivity contribution in [3.8, 4) is 0 Å². The van der Waals surface area contributed by atoms with Crippen molar-refractivity contribution >= 4 is 116 Å². The third-order valence-corrected chi connectivity index (χ3v) is 7.72. The number of thiocarbonyl (C=S) groups is 4. The van der Waals surface area contributed by atoms with E-state index in [0.29, 0.717) is 81.4 Å². The molecule has 0 saturated heterocycles. The van der Waals surface area contributed by atoms with Gasteiger partial charge in [0.15, 0.2) is 32.1 Å². The Balaban J connectivity index is 1.13. The fraction of sp³-hybridized carbons (Fsp3) is 0.214. The van der Waals surface area contributed by atoms with Gasteiger partial charge < -0.3 is 37.6 Å². The predicted molar refractivity (Wildman–Crippen MR) is 205 cm³/mol. The maximum Gasteiger partial charge on any atom is 0.198 e.